The van der Waals surface area contributed by atoms with Gasteiger partial charge >= 0.3 is 0 Å². The van der Waals surface area contributed by atoms with E-state index < -0.39 is 0 Å². The summed E-state index contributed by atoms with van der Waals surface area (Å²) in [4.78, 5) is 0. The van der Waals surface area contributed by atoms with Gasteiger partial charge in [-0.25, -0.2) is 0 Å². The van der Waals surface area contributed by atoms with E-state index in [-0.39, 0.29) is 6.29 Å². The molecule has 18 heavy (non-hydrogen) atoms. The van der Waals surface area contributed by atoms with Crippen molar-refractivity contribution >= 4 is 0 Å². The first-order valence-electron chi connectivity index (χ1n) is 7.90. The van der Waals surface area contributed by atoms with Crippen molar-refractivity contribution in [2.75, 3.05) is 7.11 Å². The lowest BCUT2D eigenvalue weighted by atomic mass is 9.79. The molecule has 5 unspecified atom stereocenters. The Bertz CT molecular complexity index is 241. The Morgan fingerprint density at radius 2 is 1.44 bits per heavy atom. The van der Waals surface area contributed by atoms with E-state index in [9.17, 15) is 0 Å². The lowest BCUT2D eigenvalue weighted by Gasteiger charge is -2.38. The molecule has 2 saturated carbocycles. The molecule has 0 N–H and O–H groups in total. The molecule has 2 nitrogen and oxygen atoms in total. The zero-order valence-corrected chi connectivity index (χ0v) is 12.4. The minimum atomic E-state index is 0.0332. The Kier molecular flexibility index (Phi) is 5.50. The first-order valence-corrected chi connectivity index (χ1v) is 7.90. The summed E-state index contributed by atoms with van der Waals surface area (Å²) in [6.07, 6.45) is 11.1. The van der Waals surface area contributed by atoms with Crippen LogP contribution in [0.25, 0.3) is 0 Å². The van der Waals surface area contributed by atoms with Gasteiger partial charge in [-0.3, -0.25) is 0 Å². The minimum absolute atomic E-state index is 0.0332. The maximum atomic E-state index is 6.34. The Morgan fingerprint density at radius 1 is 0.833 bits per heavy atom. The van der Waals surface area contributed by atoms with Gasteiger partial charge in [0.25, 0.3) is 0 Å². The molecule has 0 spiro atoms. The number of methoxy groups -OCH3 is 1. The number of rotatable bonds is 4. The van der Waals surface area contributed by atoms with E-state index in [0.717, 1.165) is 5.92 Å². The van der Waals surface area contributed by atoms with Crippen molar-refractivity contribution in [2.24, 2.45) is 17.8 Å². The predicted octanol–water partition coefficient (Wildman–Crippen LogP) is 4.38. The Morgan fingerprint density at radius 3 is 2.06 bits per heavy atom. The van der Waals surface area contributed by atoms with Crippen LogP contribution < -0.4 is 0 Å². The van der Waals surface area contributed by atoms with Crippen LogP contribution in [0.1, 0.15) is 65.2 Å². The molecule has 2 rings (SSSR count). The summed E-state index contributed by atoms with van der Waals surface area (Å²) in [6.45, 7) is 4.70. The molecular weight excluding hydrogens is 224 g/mol. The molecule has 2 heteroatoms. The van der Waals surface area contributed by atoms with Crippen LogP contribution in [0.3, 0.4) is 0 Å². The second kappa shape index (κ2) is 6.91. The van der Waals surface area contributed by atoms with Crippen LogP contribution in [0.4, 0.5) is 0 Å². The molecular formula is C16H30O2. The van der Waals surface area contributed by atoms with E-state index in [2.05, 4.69) is 13.8 Å². The molecule has 5 atom stereocenters. The van der Waals surface area contributed by atoms with Gasteiger partial charge in [0.1, 0.15) is 0 Å². The van der Waals surface area contributed by atoms with Gasteiger partial charge in [-0.2, -0.15) is 0 Å². The largest absolute Gasteiger partial charge is 0.356 e. The van der Waals surface area contributed by atoms with Crippen LogP contribution >= 0.6 is 0 Å². The van der Waals surface area contributed by atoms with Crippen LogP contribution in [0.5, 0.6) is 0 Å². The molecule has 0 aromatic carbocycles. The Hall–Kier alpha value is -0.0800. The normalized spacial score (nSPS) is 39.5. The molecule has 2 fully saturated rings. The summed E-state index contributed by atoms with van der Waals surface area (Å²) < 4.78 is 12.0. The average Bonchev–Trinajstić information content (AvgIpc) is 2.39. The topological polar surface area (TPSA) is 18.5 Å². The van der Waals surface area contributed by atoms with Crippen LogP contribution in [0.15, 0.2) is 0 Å². The molecule has 0 aromatic heterocycles. The summed E-state index contributed by atoms with van der Waals surface area (Å²) in [5.74, 6) is 2.07. The Balaban J connectivity index is 1.91. The molecule has 2 aliphatic carbocycles. The van der Waals surface area contributed by atoms with Gasteiger partial charge in [0.05, 0.1) is 6.10 Å². The van der Waals surface area contributed by atoms with Crippen molar-refractivity contribution < 1.29 is 9.47 Å². The van der Waals surface area contributed by atoms with Gasteiger partial charge in [-0.05, 0) is 31.1 Å². The number of hydrogen-bond donors (Lipinski definition) is 0. The van der Waals surface area contributed by atoms with Gasteiger partial charge < -0.3 is 9.47 Å². The highest BCUT2D eigenvalue weighted by Gasteiger charge is 2.33. The summed E-state index contributed by atoms with van der Waals surface area (Å²) in [6, 6.07) is 0. The third-order valence-electron chi connectivity index (χ3n) is 5.10. The smallest absolute Gasteiger partial charge is 0.160 e. The van der Waals surface area contributed by atoms with E-state index in [1.165, 1.54) is 51.4 Å². The second-order valence-electron chi connectivity index (χ2n) is 6.47. The van der Waals surface area contributed by atoms with Gasteiger partial charge in [0.2, 0.25) is 0 Å². The van der Waals surface area contributed by atoms with E-state index in [4.69, 9.17) is 9.47 Å². The highest BCUT2D eigenvalue weighted by molar-refractivity contribution is 4.78. The highest BCUT2D eigenvalue weighted by atomic mass is 16.7. The zero-order chi connectivity index (χ0) is 13.0. The maximum absolute atomic E-state index is 6.34. The summed E-state index contributed by atoms with van der Waals surface area (Å²) in [7, 11) is 1.82. The van der Waals surface area contributed by atoms with Gasteiger partial charge in [-0.15, -0.1) is 0 Å². The molecule has 0 saturated heterocycles. The van der Waals surface area contributed by atoms with Crippen LogP contribution in [0.2, 0.25) is 0 Å². The van der Waals surface area contributed by atoms with E-state index >= 15 is 0 Å². The van der Waals surface area contributed by atoms with Crippen molar-refractivity contribution in [3.63, 3.8) is 0 Å². The van der Waals surface area contributed by atoms with Crippen molar-refractivity contribution in [1.82, 2.24) is 0 Å². The van der Waals surface area contributed by atoms with Crippen molar-refractivity contribution in [1.29, 1.82) is 0 Å². The molecule has 0 bridgehead atoms. The standard InChI is InChI=1S/C16H30O2/c1-12-8-4-6-10-14(12)16(17-3)18-15-11-7-5-9-13(15)2/h12-16H,4-11H2,1-3H3. The molecule has 0 aliphatic heterocycles. The molecule has 0 amide bonds. The lowest BCUT2D eigenvalue weighted by molar-refractivity contribution is -0.210. The molecule has 106 valence electrons. The summed E-state index contributed by atoms with van der Waals surface area (Å²) >= 11 is 0. The van der Waals surface area contributed by atoms with Gasteiger partial charge in [0.15, 0.2) is 6.29 Å². The van der Waals surface area contributed by atoms with E-state index in [1.54, 1.807) is 0 Å². The molecule has 0 radical (unpaired) electrons. The van der Waals surface area contributed by atoms with Crippen molar-refractivity contribution in [3.8, 4) is 0 Å². The minimum Gasteiger partial charge on any atom is -0.356 e. The SMILES string of the molecule is COC(OC1CCCCC1C)C1CCCCC1C. The second-order valence-corrected chi connectivity index (χ2v) is 6.47. The van der Waals surface area contributed by atoms with Gasteiger partial charge in [0, 0.05) is 13.0 Å². The number of ether oxygens (including phenoxy) is 2. The van der Waals surface area contributed by atoms with Gasteiger partial charge in [-0.1, -0.05) is 46.0 Å². The zero-order valence-electron chi connectivity index (χ0n) is 12.4. The third kappa shape index (κ3) is 3.48. The summed E-state index contributed by atoms with van der Waals surface area (Å²) in [5.41, 5.74) is 0. The highest BCUT2D eigenvalue weighted by Crippen LogP contribution is 2.36. The Labute approximate surface area is 112 Å². The first-order chi connectivity index (χ1) is 8.72. The maximum Gasteiger partial charge on any atom is 0.160 e. The molecule has 2 aliphatic rings. The summed E-state index contributed by atoms with van der Waals surface area (Å²) in [5, 5.41) is 0. The fraction of sp³-hybridized carbons (Fsp3) is 1.00. The average molecular weight is 254 g/mol. The lowest BCUT2D eigenvalue weighted by Crippen LogP contribution is -2.38. The monoisotopic (exact) mass is 254 g/mol. The van der Waals surface area contributed by atoms with Crippen LogP contribution in [0, 0.1) is 17.8 Å². The first kappa shape index (κ1) is 14.3. The quantitative estimate of drug-likeness (QED) is 0.693. The van der Waals surface area contributed by atoms with Crippen LogP contribution in [-0.4, -0.2) is 19.5 Å². The van der Waals surface area contributed by atoms with E-state index in [0.29, 0.717) is 17.9 Å². The van der Waals surface area contributed by atoms with Crippen LogP contribution in [-0.2, 0) is 9.47 Å². The molecule has 0 heterocycles. The number of hydrogen-bond acceptors (Lipinski definition) is 2. The fourth-order valence-electron chi connectivity index (χ4n) is 3.74. The fourth-order valence-corrected chi connectivity index (χ4v) is 3.74. The van der Waals surface area contributed by atoms with Crippen molar-refractivity contribution in [3.05, 3.63) is 0 Å². The van der Waals surface area contributed by atoms with E-state index in [1.807, 2.05) is 7.11 Å². The molecule has 0 aromatic rings. The third-order valence-corrected chi connectivity index (χ3v) is 5.10. The predicted molar refractivity (Wildman–Crippen MR) is 74.4 cm³/mol. The van der Waals surface area contributed by atoms with Crippen molar-refractivity contribution in [2.45, 2.75) is 77.6 Å².